The fraction of sp³-hybridized carbons (Fsp3) is 0.500. The Bertz CT molecular complexity index is 920. The number of rotatable bonds is 4. The number of likely N-dealkylation sites (N-methyl/N-ethyl adjacent to an activating group) is 1. The minimum absolute atomic E-state index is 0.0688. The van der Waals surface area contributed by atoms with E-state index in [2.05, 4.69) is 16.8 Å². The van der Waals surface area contributed by atoms with Crippen LogP contribution in [0.4, 0.5) is 8.78 Å². The third kappa shape index (κ3) is 4.56. The van der Waals surface area contributed by atoms with Crippen molar-refractivity contribution in [1.29, 1.82) is 0 Å². The first-order chi connectivity index (χ1) is 14.6. The average Bonchev–Trinajstić information content (AvgIpc) is 2.92. The zero-order chi connectivity index (χ0) is 22.4. The Kier molecular flexibility index (Phi) is 5.98. The molecule has 2 heterocycles. The van der Waals surface area contributed by atoms with E-state index in [1.807, 2.05) is 45.9 Å². The molecule has 1 atom stereocenters. The van der Waals surface area contributed by atoms with Crippen LogP contribution in [-0.2, 0) is 15.9 Å². The molecule has 31 heavy (non-hydrogen) atoms. The molecule has 2 aliphatic heterocycles. The largest absolute Gasteiger partial charge is 0.494 e. The third-order valence-corrected chi connectivity index (χ3v) is 6.92. The molecule has 7 heteroatoms. The maximum atomic E-state index is 14.8. The van der Waals surface area contributed by atoms with Crippen LogP contribution in [0.15, 0.2) is 42.5 Å². The second kappa shape index (κ2) is 8.28. The Morgan fingerprint density at radius 3 is 2.26 bits per heavy atom. The lowest BCUT2D eigenvalue weighted by molar-refractivity contribution is 0.00578. The first-order valence-corrected chi connectivity index (χ1v) is 10.9. The van der Waals surface area contributed by atoms with E-state index in [0.29, 0.717) is 12.1 Å². The molecule has 166 valence electrons. The third-order valence-electron chi connectivity index (χ3n) is 6.92. The molecule has 0 unspecified atom stereocenters. The summed E-state index contributed by atoms with van der Waals surface area (Å²) in [7, 11) is 1.55. The normalized spacial score (nSPS) is 24.0. The number of halogens is 2. The van der Waals surface area contributed by atoms with Gasteiger partial charge in [-0.05, 0) is 64.0 Å². The summed E-state index contributed by atoms with van der Waals surface area (Å²) in [6.45, 7) is 11.0. The van der Waals surface area contributed by atoms with Gasteiger partial charge in [0, 0.05) is 37.8 Å². The number of benzene rings is 2. The van der Waals surface area contributed by atoms with Crippen molar-refractivity contribution in [2.75, 3.05) is 26.7 Å². The van der Waals surface area contributed by atoms with Gasteiger partial charge in [0.05, 0.1) is 11.2 Å². The fourth-order valence-electron chi connectivity index (χ4n) is 4.21. The average molecular weight is 428 g/mol. The van der Waals surface area contributed by atoms with Gasteiger partial charge in [0.1, 0.15) is 11.6 Å². The second-order valence-corrected chi connectivity index (χ2v) is 9.74. The molecule has 2 aromatic rings. The van der Waals surface area contributed by atoms with E-state index in [0.717, 1.165) is 30.7 Å². The predicted molar refractivity (Wildman–Crippen MR) is 119 cm³/mol. The molecule has 2 aromatic carbocycles. The van der Waals surface area contributed by atoms with Crippen molar-refractivity contribution in [3.63, 3.8) is 0 Å². The van der Waals surface area contributed by atoms with E-state index < -0.39 is 18.3 Å². The Balaban J connectivity index is 1.58. The standard InChI is InChI=1S/C24H31BF2N2O2/c1-23(2)24(3,4)31-25(30-23)19-8-11-21(27)18(14-19)15-29-13-12-28(5)16-22(29)17-6-9-20(26)10-7-17/h6-11,14,22H,12-13,15-16H2,1-5H3/t22-/m1/s1. The van der Waals surface area contributed by atoms with Gasteiger partial charge in [-0.2, -0.15) is 0 Å². The van der Waals surface area contributed by atoms with Gasteiger partial charge in [-0.1, -0.05) is 24.3 Å². The van der Waals surface area contributed by atoms with Gasteiger partial charge < -0.3 is 14.2 Å². The van der Waals surface area contributed by atoms with E-state index >= 15 is 0 Å². The summed E-state index contributed by atoms with van der Waals surface area (Å²) in [6, 6.07) is 11.8. The zero-order valence-corrected chi connectivity index (χ0v) is 19.0. The van der Waals surface area contributed by atoms with Crippen LogP contribution in [0.3, 0.4) is 0 Å². The van der Waals surface area contributed by atoms with Crippen molar-refractivity contribution >= 4 is 12.6 Å². The van der Waals surface area contributed by atoms with Crippen LogP contribution in [0.1, 0.15) is 44.9 Å². The van der Waals surface area contributed by atoms with Gasteiger partial charge >= 0.3 is 7.12 Å². The highest BCUT2D eigenvalue weighted by atomic mass is 19.1. The topological polar surface area (TPSA) is 24.9 Å². The van der Waals surface area contributed by atoms with E-state index in [1.54, 1.807) is 6.07 Å². The van der Waals surface area contributed by atoms with Crippen molar-refractivity contribution in [3.05, 3.63) is 65.2 Å². The predicted octanol–water partition coefficient (Wildman–Crippen LogP) is 3.75. The molecule has 0 aromatic heterocycles. The molecule has 0 amide bonds. The summed E-state index contributed by atoms with van der Waals surface area (Å²) in [6.07, 6.45) is 0. The van der Waals surface area contributed by atoms with Gasteiger partial charge in [-0.3, -0.25) is 4.90 Å². The summed E-state index contributed by atoms with van der Waals surface area (Å²) in [5.74, 6) is -0.488. The lowest BCUT2D eigenvalue weighted by Crippen LogP contribution is -2.46. The van der Waals surface area contributed by atoms with Gasteiger partial charge in [0.15, 0.2) is 0 Å². The molecular formula is C24H31BF2N2O2. The van der Waals surface area contributed by atoms with Crippen LogP contribution in [-0.4, -0.2) is 54.8 Å². The highest BCUT2D eigenvalue weighted by Gasteiger charge is 2.51. The summed E-state index contributed by atoms with van der Waals surface area (Å²) in [4.78, 5) is 4.52. The lowest BCUT2D eigenvalue weighted by Gasteiger charge is -2.40. The molecule has 2 aliphatic rings. The highest BCUT2D eigenvalue weighted by Crippen LogP contribution is 2.36. The fourth-order valence-corrected chi connectivity index (χ4v) is 4.21. The van der Waals surface area contributed by atoms with Gasteiger partial charge in [-0.15, -0.1) is 0 Å². The molecule has 4 nitrogen and oxygen atoms in total. The monoisotopic (exact) mass is 428 g/mol. The van der Waals surface area contributed by atoms with Crippen LogP contribution in [0.5, 0.6) is 0 Å². The molecule has 4 rings (SSSR count). The van der Waals surface area contributed by atoms with Crippen LogP contribution in [0.2, 0.25) is 0 Å². The van der Waals surface area contributed by atoms with Crippen LogP contribution < -0.4 is 5.46 Å². The SMILES string of the molecule is CN1CCN(Cc2cc(B3OC(C)(C)C(C)(C)O3)ccc2F)[C@@H](c2ccc(F)cc2)C1. The molecule has 0 spiro atoms. The van der Waals surface area contributed by atoms with E-state index in [4.69, 9.17) is 9.31 Å². The van der Waals surface area contributed by atoms with Crippen molar-refractivity contribution in [1.82, 2.24) is 9.80 Å². The van der Waals surface area contributed by atoms with E-state index in [9.17, 15) is 8.78 Å². The van der Waals surface area contributed by atoms with Crippen molar-refractivity contribution < 1.29 is 18.1 Å². The van der Waals surface area contributed by atoms with Gasteiger partial charge in [0.25, 0.3) is 0 Å². The molecule has 0 saturated carbocycles. The van der Waals surface area contributed by atoms with Crippen LogP contribution >= 0.6 is 0 Å². The minimum Gasteiger partial charge on any atom is -0.399 e. The summed E-state index contributed by atoms with van der Waals surface area (Å²) in [5.41, 5.74) is 1.58. The molecule has 0 radical (unpaired) electrons. The molecule has 2 saturated heterocycles. The first kappa shape index (κ1) is 22.4. The summed E-state index contributed by atoms with van der Waals surface area (Å²) < 4.78 is 40.5. The number of nitrogens with zero attached hydrogens (tertiary/aromatic N) is 2. The Morgan fingerprint density at radius 2 is 1.61 bits per heavy atom. The number of hydrogen-bond donors (Lipinski definition) is 0. The quantitative estimate of drug-likeness (QED) is 0.693. The van der Waals surface area contributed by atoms with E-state index in [1.165, 1.54) is 18.2 Å². The molecule has 2 fully saturated rings. The van der Waals surface area contributed by atoms with Crippen molar-refractivity contribution in [2.24, 2.45) is 0 Å². The number of piperazine rings is 1. The van der Waals surface area contributed by atoms with Crippen molar-refractivity contribution in [3.8, 4) is 0 Å². The van der Waals surface area contributed by atoms with E-state index in [-0.39, 0.29) is 17.7 Å². The maximum absolute atomic E-state index is 14.8. The van der Waals surface area contributed by atoms with Crippen LogP contribution in [0, 0.1) is 11.6 Å². The molecule has 0 N–H and O–H groups in total. The zero-order valence-electron chi connectivity index (χ0n) is 19.0. The van der Waals surface area contributed by atoms with Gasteiger partial charge in [0.2, 0.25) is 0 Å². The first-order valence-electron chi connectivity index (χ1n) is 10.9. The Hall–Kier alpha value is -1.80. The van der Waals surface area contributed by atoms with Gasteiger partial charge in [-0.25, -0.2) is 8.78 Å². The molecule has 0 aliphatic carbocycles. The van der Waals surface area contributed by atoms with Crippen molar-refractivity contribution in [2.45, 2.75) is 51.5 Å². The maximum Gasteiger partial charge on any atom is 0.494 e. The van der Waals surface area contributed by atoms with Crippen LogP contribution in [0.25, 0.3) is 0 Å². The Labute approximate surface area is 184 Å². The smallest absolute Gasteiger partial charge is 0.399 e. The minimum atomic E-state index is -0.523. The summed E-state index contributed by atoms with van der Waals surface area (Å²) in [5, 5.41) is 0. The number of hydrogen-bond acceptors (Lipinski definition) is 4. The highest BCUT2D eigenvalue weighted by molar-refractivity contribution is 6.62. The second-order valence-electron chi connectivity index (χ2n) is 9.74. The molecule has 0 bridgehead atoms. The molecular weight excluding hydrogens is 397 g/mol. The summed E-state index contributed by atoms with van der Waals surface area (Å²) >= 11 is 0. The Morgan fingerprint density at radius 1 is 0.968 bits per heavy atom. The lowest BCUT2D eigenvalue weighted by atomic mass is 9.78.